The van der Waals surface area contributed by atoms with E-state index in [2.05, 4.69) is 16.0 Å². The van der Waals surface area contributed by atoms with Crippen molar-refractivity contribution in [3.63, 3.8) is 0 Å². The fourth-order valence-electron chi connectivity index (χ4n) is 4.06. The Balaban J connectivity index is 2.08. The maximum absolute atomic E-state index is 13.0. The SMILES string of the molecule is CCCCC(NC(=O)[C@@H](CCC(F)(F)F)NC(=O)[C@H](N)Cc1ccccc1)C(=O)OC(=O)C1CCNCC1. The van der Waals surface area contributed by atoms with Crippen LogP contribution in [-0.2, 0) is 30.3 Å². The lowest BCUT2D eigenvalue weighted by atomic mass is 9.98. The number of benzene rings is 1. The molecule has 0 radical (unpaired) electrons. The second-order valence-corrected chi connectivity index (χ2v) is 9.48. The summed E-state index contributed by atoms with van der Waals surface area (Å²) in [5.74, 6) is -3.91. The number of carbonyl (C=O) groups is 4. The number of nitrogens with one attached hydrogen (secondary N) is 3. The Morgan fingerprint density at radius 3 is 2.26 bits per heavy atom. The second-order valence-electron chi connectivity index (χ2n) is 9.48. The molecule has 3 atom stereocenters. The molecule has 0 aromatic heterocycles. The van der Waals surface area contributed by atoms with Crippen molar-refractivity contribution in [2.75, 3.05) is 13.1 Å². The first kappa shape index (κ1) is 31.2. The van der Waals surface area contributed by atoms with Gasteiger partial charge in [-0.1, -0.05) is 50.1 Å². The van der Waals surface area contributed by atoms with Gasteiger partial charge in [0.1, 0.15) is 12.1 Å². The highest BCUT2D eigenvalue weighted by molar-refractivity contribution is 5.94. The van der Waals surface area contributed by atoms with Crippen molar-refractivity contribution in [3.05, 3.63) is 35.9 Å². The summed E-state index contributed by atoms with van der Waals surface area (Å²) in [6, 6.07) is 4.83. The van der Waals surface area contributed by atoms with Crippen LogP contribution in [0.2, 0.25) is 0 Å². The average Bonchev–Trinajstić information content (AvgIpc) is 2.89. The van der Waals surface area contributed by atoms with Gasteiger partial charge in [0.2, 0.25) is 11.8 Å². The lowest BCUT2D eigenvalue weighted by Crippen LogP contribution is -2.55. The Morgan fingerprint density at radius 1 is 1.03 bits per heavy atom. The minimum atomic E-state index is -4.57. The number of piperidine rings is 1. The summed E-state index contributed by atoms with van der Waals surface area (Å²) in [4.78, 5) is 50.8. The zero-order valence-corrected chi connectivity index (χ0v) is 21.5. The summed E-state index contributed by atoms with van der Waals surface area (Å²) in [7, 11) is 0. The normalized spacial score (nSPS) is 16.7. The number of halogens is 3. The van der Waals surface area contributed by atoms with E-state index in [-0.39, 0.29) is 12.8 Å². The monoisotopic (exact) mass is 542 g/mol. The topological polar surface area (TPSA) is 140 Å². The van der Waals surface area contributed by atoms with Crippen molar-refractivity contribution in [2.45, 2.75) is 82.6 Å². The number of alkyl halides is 3. The molecule has 5 N–H and O–H groups in total. The van der Waals surface area contributed by atoms with Gasteiger partial charge in [-0.25, -0.2) is 4.79 Å². The van der Waals surface area contributed by atoms with Crippen LogP contribution in [-0.4, -0.2) is 61.1 Å². The quantitative estimate of drug-likeness (QED) is 0.221. The van der Waals surface area contributed by atoms with Crippen molar-refractivity contribution in [2.24, 2.45) is 11.7 Å². The first-order valence-electron chi connectivity index (χ1n) is 12.9. The van der Waals surface area contributed by atoms with Gasteiger partial charge in [-0.2, -0.15) is 13.2 Å². The van der Waals surface area contributed by atoms with Crippen molar-refractivity contribution in [3.8, 4) is 0 Å². The summed E-state index contributed by atoms with van der Waals surface area (Å²) in [6.07, 6.45) is -4.26. The van der Waals surface area contributed by atoms with Gasteiger partial charge in [0.25, 0.3) is 0 Å². The van der Waals surface area contributed by atoms with E-state index in [0.717, 1.165) is 5.56 Å². The highest BCUT2D eigenvalue weighted by atomic mass is 19.4. The third-order valence-electron chi connectivity index (χ3n) is 6.31. The minimum Gasteiger partial charge on any atom is -0.391 e. The van der Waals surface area contributed by atoms with Gasteiger partial charge in [0, 0.05) is 6.42 Å². The molecule has 0 saturated carbocycles. The van der Waals surface area contributed by atoms with Gasteiger partial charge < -0.3 is 26.4 Å². The molecule has 1 fully saturated rings. The van der Waals surface area contributed by atoms with Crippen LogP contribution in [0.5, 0.6) is 0 Å². The van der Waals surface area contributed by atoms with Crippen LogP contribution in [0, 0.1) is 5.92 Å². The molecule has 212 valence electrons. The molecule has 2 rings (SSSR count). The summed E-state index contributed by atoms with van der Waals surface area (Å²) in [5, 5.41) is 7.79. The van der Waals surface area contributed by atoms with Gasteiger partial charge in [-0.15, -0.1) is 0 Å². The van der Waals surface area contributed by atoms with Crippen LogP contribution in [0.1, 0.15) is 57.4 Å². The standard InChI is InChI=1S/C26H37F3N4O5/c1-2-3-9-21(25(37)38-24(36)18-11-14-31-15-12-18)33-23(35)20(10-13-26(27,28)29)32-22(34)19(30)16-17-7-5-4-6-8-17/h4-8,18-21,31H,2-3,9-16,30H2,1H3,(H,32,34)(H,33,35)/t19-,20-,21?/m1/s1. The number of rotatable bonds is 13. The molecular weight excluding hydrogens is 505 g/mol. The van der Waals surface area contributed by atoms with Gasteiger partial charge in [-0.3, -0.25) is 14.4 Å². The predicted octanol–water partition coefficient (Wildman–Crippen LogP) is 2.13. The molecule has 1 aliphatic heterocycles. The molecule has 1 saturated heterocycles. The van der Waals surface area contributed by atoms with E-state index in [4.69, 9.17) is 10.5 Å². The van der Waals surface area contributed by atoms with Crippen molar-refractivity contribution in [1.29, 1.82) is 0 Å². The van der Waals surface area contributed by atoms with E-state index < -0.39 is 66.8 Å². The summed E-state index contributed by atoms with van der Waals surface area (Å²) in [5.41, 5.74) is 6.68. The highest BCUT2D eigenvalue weighted by Crippen LogP contribution is 2.22. The third-order valence-corrected chi connectivity index (χ3v) is 6.31. The summed E-state index contributed by atoms with van der Waals surface area (Å²) in [6.45, 7) is 3.07. The summed E-state index contributed by atoms with van der Waals surface area (Å²) >= 11 is 0. The molecule has 1 unspecified atom stereocenters. The minimum absolute atomic E-state index is 0.116. The molecule has 1 aromatic rings. The highest BCUT2D eigenvalue weighted by Gasteiger charge is 2.35. The zero-order chi connectivity index (χ0) is 28.1. The zero-order valence-electron chi connectivity index (χ0n) is 21.5. The second kappa shape index (κ2) is 15.4. The fraction of sp³-hybridized carbons (Fsp3) is 0.615. The Bertz CT molecular complexity index is 923. The van der Waals surface area contributed by atoms with E-state index in [1.165, 1.54) is 0 Å². The van der Waals surface area contributed by atoms with E-state index in [9.17, 15) is 32.3 Å². The molecule has 38 heavy (non-hydrogen) atoms. The van der Waals surface area contributed by atoms with Crippen LogP contribution >= 0.6 is 0 Å². The van der Waals surface area contributed by atoms with Crippen molar-refractivity contribution < 1.29 is 37.1 Å². The largest absolute Gasteiger partial charge is 0.391 e. The van der Waals surface area contributed by atoms with Crippen LogP contribution < -0.4 is 21.7 Å². The van der Waals surface area contributed by atoms with Gasteiger partial charge in [-0.05, 0) is 50.8 Å². The third kappa shape index (κ3) is 11.2. The van der Waals surface area contributed by atoms with Gasteiger partial charge in [0.15, 0.2) is 0 Å². The Kier molecular flexibility index (Phi) is 12.7. The number of nitrogens with two attached hydrogens (primary N) is 1. The maximum Gasteiger partial charge on any atom is 0.389 e. The fourth-order valence-corrected chi connectivity index (χ4v) is 4.06. The molecule has 9 nitrogen and oxygen atoms in total. The summed E-state index contributed by atoms with van der Waals surface area (Å²) < 4.78 is 43.9. The number of amides is 2. The molecule has 1 aliphatic rings. The lowest BCUT2D eigenvalue weighted by Gasteiger charge is -2.25. The molecule has 0 spiro atoms. The molecule has 1 heterocycles. The number of carbonyl (C=O) groups excluding carboxylic acids is 4. The molecule has 0 bridgehead atoms. The lowest BCUT2D eigenvalue weighted by molar-refractivity contribution is -0.165. The smallest absolute Gasteiger partial charge is 0.389 e. The Hall–Kier alpha value is -2.99. The number of hydrogen-bond acceptors (Lipinski definition) is 7. The molecule has 1 aromatic carbocycles. The molecule has 12 heteroatoms. The van der Waals surface area contributed by atoms with E-state index in [1.807, 2.05) is 6.92 Å². The van der Waals surface area contributed by atoms with Crippen molar-refractivity contribution in [1.82, 2.24) is 16.0 Å². The van der Waals surface area contributed by atoms with E-state index >= 15 is 0 Å². The number of ether oxygens (including phenoxy) is 1. The van der Waals surface area contributed by atoms with Gasteiger partial charge in [0.05, 0.1) is 12.0 Å². The molecular formula is C26H37F3N4O5. The Morgan fingerprint density at radius 2 is 1.66 bits per heavy atom. The van der Waals surface area contributed by atoms with Crippen LogP contribution in [0.4, 0.5) is 13.2 Å². The Labute approximate surface area is 220 Å². The average molecular weight is 543 g/mol. The number of esters is 2. The van der Waals surface area contributed by atoms with Crippen LogP contribution in [0.15, 0.2) is 30.3 Å². The van der Waals surface area contributed by atoms with Crippen molar-refractivity contribution >= 4 is 23.8 Å². The van der Waals surface area contributed by atoms with Crippen LogP contribution in [0.3, 0.4) is 0 Å². The molecule has 0 aliphatic carbocycles. The first-order chi connectivity index (χ1) is 18.0. The first-order valence-corrected chi connectivity index (χ1v) is 12.9. The molecule has 2 amide bonds. The van der Waals surface area contributed by atoms with Crippen LogP contribution in [0.25, 0.3) is 0 Å². The van der Waals surface area contributed by atoms with E-state index in [0.29, 0.717) is 38.8 Å². The number of unbranched alkanes of at least 4 members (excludes halogenated alkanes) is 1. The predicted molar refractivity (Wildman–Crippen MR) is 133 cm³/mol. The van der Waals surface area contributed by atoms with Gasteiger partial charge >= 0.3 is 18.1 Å². The van der Waals surface area contributed by atoms with E-state index in [1.54, 1.807) is 30.3 Å². The number of hydrogen-bond donors (Lipinski definition) is 4. The maximum atomic E-state index is 13.0.